The lowest BCUT2D eigenvalue weighted by Gasteiger charge is -2.13. The molecule has 2 heterocycles. The molecule has 6 nitrogen and oxygen atoms in total. The van der Waals surface area contributed by atoms with E-state index in [-0.39, 0.29) is 12.0 Å². The van der Waals surface area contributed by atoms with Crippen molar-refractivity contribution in [3.05, 3.63) is 72.6 Å². The van der Waals surface area contributed by atoms with E-state index in [0.717, 1.165) is 53.7 Å². The first-order valence-corrected chi connectivity index (χ1v) is 11.7. The van der Waals surface area contributed by atoms with E-state index in [2.05, 4.69) is 34.1 Å². The van der Waals surface area contributed by atoms with Crippen molar-refractivity contribution in [2.45, 2.75) is 38.3 Å². The summed E-state index contributed by atoms with van der Waals surface area (Å²) in [5, 5.41) is 5.30. The summed E-state index contributed by atoms with van der Waals surface area (Å²) in [7, 11) is 0. The lowest BCUT2D eigenvalue weighted by atomic mass is 10.1. The van der Waals surface area contributed by atoms with E-state index in [9.17, 15) is 4.79 Å². The number of aryl methyl sites for hydroxylation is 1. The minimum absolute atomic E-state index is 0.00416. The van der Waals surface area contributed by atoms with Gasteiger partial charge in [0.2, 0.25) is 5.91 Å². The number of hydrogen-bond acceptors (Lipinski definition) is 4. The van der Waals surface area contributed by atoms with Crippen molar-refractivity contribution in [2.75, 3.05) is 19.8 Å². The Hall–Kier alpha value is -3.38. The molecule has 33 heavy (non-hydrogen) atoms. The Morgan fingerprint density at radius 1 is 1.09 bits per heavy atom. The number of rotatable bonds is 9. The maximum Gasteiger partial charge on any atom is 0.249 e. The Bertz CT molecular complexity index is 1240. The second kappa shape index (κ2) is 10.0. The fraction of sp³-hybridized carbons (Fsp3) is 0.333. The zero-order valence-electron chi connectivity index (χ0n) is 18.7. The van der Waals surface area contributed by atoms with Crippen LogP contribution in [0, 0.1) is 0 Å². The summed E-state index contributed by atoms with van der Waals surface area (Å²) in [6.45, 7) is 2.57. The van der Waals surface area contributed by atoms with Gasteiger partial charge in [-0.1, -0.05) is 48.5 Å². The number of aromatic nitrogens is 2. The van der Waals surface area contributed by atoms with Crippen molar-refractivity contribution < 1.29 is 14.3 Å². The standard InChI is InChI=1S/C27H29N3O3/c31-27(25-14-7-18-32-25)28-16-6-15-26-29-22-11-3-4-12-23(22)30(26)17-19-33-24-13-5-9-20-8-1-2-10-21(20)24/h1-5,8-13,25H,6-7,14-19H2,(H,28,31). The van der Waals surface area contributed by atoms with Gasteiger partial charge in [-0.3, -0.25) is 4.79 Å². The Labute approximate surface area is 193 Å². The van der Waals surface area contributed by atoms with Gasteiger partial charge in [-0.15, -0.1) is 0 Å². The molecule has 0 spiro atoms. The number of nitrogens with one attached hydrogen (secondary N) is 1. The number of para-hydroxylation sites is 2. The van der Waals surface area contributed by atoms with E-state index in [1.807, 2.05) is 42.5 Å². The second-order valence-corrected chi connectivity index (χ2v) is 8.39. The molecule has 4 aromatic rings. The van der Waals surface area contributed by atoms with E-state index in [4.69, 9.17) is 14.5 Å². The first-order chi connectivity index (χ1) is 16.3. The zero-order chi connectivity index (χ0) is 22.5. The van der Waals surface area contributed by atoms with E-state index >= 15 is 0 Å². The van der Waals surface area contributed by atoms with Crippen LogP contribution >= 0.6 is 0 Å². The Balaban J connectivity index is 1.23. The third-order valence-corrected chi connectivity index (χ3v) is 6.15. The highest BCUT2D eigenvalue weighted by molar-refractivity contribution is 5.88. The van der Waals surface area contributed by atoms with Gasteiger partial charge in [0.05, 0.1) is 17.6 Å². The van der Waals surface area contributed by atoms with Crippen molar-refractivity contribution in [2.24, 2.45) is 0 Å². The quantitative estimate of drug-likeness (QED) is 0.387. The van der Waals surface area contributed by atoms with Gasteiger partial charge >= 0.3 is 0 Å². The summed E-state index contributed by atoms with van der Waals surface area (Å²) in [5.74, 6) is 1.92. The maximum absolute atomic E-state index is 12.2. The van der Waals surface area contributed by atoms with Gasteiger partial charge in [0.25, 0.3) is 0 Å². The number of carbonyl (C=O) groups excluding carboxylic acids is 1. The highest BCUT2D eigenvalue weighted by Gasteiger charge is 2.22. The van der Waals surface area contributed by atoms with Crippen LogP contribution in [0.15, 0.2) is 66.7 Å². The minimum Gasteiger partial charge on any atom is -0.491 e. The summed E-state index contributed by atoms with van der Waals surface area (Å²) in [4.78, 5) is 17.0. The van der Waals surface area contributed by atoms with Crippen LogP contribution in [0.3, 0.4) is 0 Å². The summed E-state index contributed by atoms with van der Waals surface area (Å²) in [5.41, 5.74) is 2.10. The van der Waals surface area contributed by atoms with Crippen LogP contribution in [-0.2, 0) is 22.5 Å². The van der Waals surface area contributed by atoms with Crippen LogP contribution in [-0.4, -0.2) is 41.3 Å². The molecule has 0 radical (unpaired) electrons. The molecule has 1 saturated heterocycles. The van der Waals surface area contributed by atoms with Gasteiger partial charge < -0.3 is 19.4 Å². The fourth-order valence-corrected chi connectivity index (χ4v) is 4.49. The Morgan fingerprint density at radius 3 is 2.85 bits per heavy atom. The molecule has 1 aromatic heterocycles. The first kappa shape index (κ1) is 21.5. The molecule has 1 fully saturated rings. The molecule has 1 N–H and O–H groups in total. The number of fused-ring (bicyclic) bond motifs is 2. The average Bonchev–Trinajstić information content (AvgIpc) is 3.51. The highest BCUT2D eigenvalue weighted by atomic mass is 16.5. The molecule has 1 unspecified atom stereocenters. The highest BCUT2D eigenvalue weighted by Crippen LogP contribution is 2.25. The molecule has 0 saturated carbocycles. The van der Waals surface area contributed by atoms with Gasteiger partial charge in [0.15, 0.2) is 0 Å². The maximum atomic E-state index is 12.2. The third kappa shape index (κ3) is 4.86. The molecule has 0 bridgehead atoms. The van der Waals surface area contributed by atoms with Crippen molar-refractivity contribution in [3.8, 4) is 5.75 Å². The molecular formula is C27H29N3O3. The number of nitrogens with zero attached hydrogens (tertiary/aromatic N) is 2. The smallest absolute Gasteiger partial charge is 0.249 e. The number of imidazole rings is 1. The van der Waals surface area contributed by atoms with E-state index in [1.165, 1.54) is 5.39 Å². The van der Waals surface area contributed by atoms with E-state index < -0.39 is 0 Å². The lowest BCUT2D eigenvalue weighted by molar-refractivity contribution is -0.130. The Morgan fingerprint density at radius 2 is 1.94 bits per heavy atom. The van der Waals surface area contributed by atoms with Crippen molar-refractivity contribution in [1.29, 1.82) is 0 Å². The van der Waals surface area contributed by atoms with Crippen molar-refractivity contribution in [3.63, 3.8) is 0 Å². The average molecular weight is 444 g/mol. The number of hydrogen-bond donors (Lipinski definition) is 1. The van der Waals surface area contributed by atoms with E-state index in [0.29, 0.717) is 26.3 Å². The van der Waals surface area contributed by atoms with Gasteiger partial charge in [-0.25, -0.2) is 4.98 Å². The topological polar surface area (TPSA) is 65.4 Å². The third-order valence-electron chi connectivity index (χ3n) is 6.15. The molecule has 6 heteroatoms. The number of carbonyl (C=O) groups is 1. The number of benzene rings is 3. The molecule has 5 rings (SSSR count). The number of amides is 1. The largest absolute Gasteiger partial charge is 0.491 e. The Kier molecular flexibility index (Phi) is 6.53. The molecule has 1 amide bonds. The molecule has 1 atom stereocenters. The number of ether oxygens (including phenoxy) is 2. The molecule has 3 aromatic carbocycles. The van der Waals surface area contributed by atoms with Crippen LogP contribution in [0.25, 0.3) is 21.8 Å². The van der Waals surface area contributed by atoms with Crippen molar-refractivity contribution >= 4 is 27.7 Å². The van der Waals surface area contributed by atoms with Crippen LogP contribution in [0.1, 0.15) is 25.1 Å². The minimum atomic E-state index is -0.277. The molecule has 0 aliphatic carbocycles. The van der Waals surface area contributed by atoms with Crippen LogP contribution in [0.2, 0.25) is 0 Å². The molecule has 1 aliphatic rings. The van der Waals surface area contributed by atoms with Crippen LogP contribution in [0.4, 0.5) is 0 Å². The summed E-state index contributed by atoms with van der Waals surface area (Å²) in [6.07, 6.45) is 3.11. The predicted octanol–water partition coefficient (Wildman–Crippen LogP) is 4.50. The monoisotopic (exact) mass is 443 g/mol. The second-order valence-electron chi connectivity index (χ2n) is 8.39. The first-order valence-electron chi connectivity index (χ1n) is 11.7. The van der Waals surface area contributed by atoms with Gasteiger partial charge in [-0.2, -0.15) is 0 Å². The molecular weight excluding hydrogens is 414 g/mol. The van der Waals surface area contributed by atoms with Crippen molar-refractivity contribution in [1.82, 2.24) is 14.9 Å². The fourth-order valence-electron chi connectivity index (χ4n) is 4.49. The van der Waals surface area contributed by atoms with Crippen LogP contribution in [0.5, 0.6) is 5.75 Å². The zero-order valence-corrected chi connectivity index (χ0v) is 18.7. The van der Waals surface area contributed by atoms with Gasteiger partial charge in [0.1, 0.15) is 24.3 Å². The molecule has 170 valence electrons. The van der Waals surface area contributed by atoms with Crippen LogP contribution < -0.4 is 10.1 Å². The van der Waals surface area contributed by atoms with E-state index in [1.54, 1.807) is 0 Å². The normalized spacial score (nSPS) is 15.8. The summed E-state index contributed by atoms with van der Waals surface area (Å²) < 4.78 is 13.9. The van der Waals surface area contributed by atoms with Gasteiger partial charge in [-0.05, 0) is 42.8 Å². The lowest BCUT2D eigenvalue weighted by Crippen LogP contribution is -2.34. The summed E-state index contributed by atoms with van der Waals surface area (Å²) >= 11 is 0. The summed E-state index contributed by atoms with van der Waals surface area (Å²) in [6, 6.07) is 22.6. The SMILES string of the molecule is O=C(NCCCc1nc2ccccc2n1CCOc1cccc2ccccc12)C1CCCO1. The molecule has 1 aliphatic heterocycles. The predicted molar refractivity (Wildman–Crippen MR) is 129 cm³/mol. The van der Waals surface area contributed by atoms with Gasteiger partial charge in [0, 0.05) is 25.0 Å².